The van der Waals surface area contributed by atoms with E-state index in [0.29, 0.717) is 5.19 Å². The third-order valence-corrected chi connectivity index (χ3v) is 6.17. The Morgan fingerprint density at radius 3 is 1.22 bits per heavy atom. The molecule has 3 aromatic rings. The van der Waals surface area contributed by atoms with Gasteiger partial charge in [-0.3, -0.25) is 0 Å². The van der Waals surface area contributed by atoms with Crippen LogP contribution >= 0.6 is 0 Å². The maximum Gasteiger partial charge on any atom is 0.419 e. The molecule has 1 radical (unpaired) electrons. The lowest BCUT2D eigenvalue weighted by Crippen LogP contribution is -2.34. The lowest BCUT2D eigenvalue weighted by Gasteiger charge is -2.21. The van der Waals surface area contributed by atoms with E-state index in [4.69, 9.17) is 0 Å². The quantitative estimate of drug-likeness (QED) is 0.659. The number of benzene rings is 3. The molecule has 0 amide bonds. The van der Waals surface area contributed by atoms with Gasteiger partial charge in [-0.05, 0) is 86.1 Å². The molecular weight excluding hydrogens is 348 g/mol. The predicted octanol–water partition coefficient (Wildman–Crippen LogP) is 4.55. The van der Waals surface area contributed by atoms with Crippen LogP contribution in [0.4, 0.5) is 0 Å². The van der Waals surface area contributed by atoms with Crippen LogP contribution in [0, 0.1) is 41.5 Å². The van der Waals surface area contributed by atoms with Crippen molar-refractivity contribution in [2.75, 3.05) is 0 Å². The second kappa shape index (κ2) is 7.43. The van der Waals surface area contributed by atoms with Crippen LogP contribution in [-0.2, 0) is 0 Å². The molecule has 0 aromatic heterocycles. The van der Waals surface area contributed by atoms with Crippen molar-refractivity contribution in [3.63, 3.8) is 0 Å². The molecule has 3 aromatic carbocycles. The minimum atomic E-state index is -2.65. The van der Waals surface area contributed by atoms with E-state index >= 15 is 0 Å². The van der Waals surface area contributed by atoms with Crippen molar-refractivity contribution in [3.8, 4) is 22.3 Å². The SMILES string of the molecule is Cc1cc(C)c(-c2cccc(-c3c(C)cc(C)cc3C)c2[Si](O)O)c(C)c1. The third kappa shape index (κ3) is 3.63. The Kier molecular flexibility index (Phi) is 5.38. The summed E-state index contributed by atoms with van der Waals surface area (Å²) in [5, 5.41) is 0.674. The van der Waals surface area contributed by atoms with Gasteiger partial charge in [0.2, 0.25) is 0 Å². The normalized spacial score (nSPS) is 11.3. The van der Waals surface area contributed by atoms with Gasteiger partial charge < -0.3 is 9.59 Å². The zero-order valence-electron chi connectivity index (χ0n) is 16.9. The summed E-state index contributed by atoms with van der Waals surface area (Å²) in [5.41, 5.74) is 11.1. The molecule has 0 spiro atoms. The summed E-state index contributed by atoms with van der Waals surface area (Å²) in [4.78, 5) is 20.9. The summed E-state index contributed by atoms with van der Waals surface area (Å²) in [6, 6.07) is 14.7. The summed E-state index contributed by atoms with van der Waals surface area (Å²) < 4.78 is 0. The lowest BCUT2D eigenvalue weighted by molar-refractivity contribution is 0.426. The molecule has 0 unspecified atom stereocenters. The first kappa shape index (κ1) is 19.6. The minimum absolute atomic E-state index is 0.674. The Morgan fingerprint density at radius 1 is 0.593 bits per heavy atom. The minimum Gasteiger partial charge on any atom is -0.406 e. The van der Waals surface area contributed by atoms with Gasteiger partial charge in [-0.2, -0.15) is 0 Å². The fourth-order valence-electron chi connectivity index (χ4n) is 4.42. The summed E-state index contributed by atoms with van der Waals surface area (Å²) in [7, 11) is -2.65. The van der Waals surface area contributed by atoms with Gasteiger partial charge in [0, 0.05) is 5.19 Å². The van der Waals surface area contributed by atoms with Crippen LogP contribution in [-0.4, -0.2) is 18.9 Å². The molecule has 0 aliphatic carbocycles. The van der Waals surface area contributed by atoms with E-state index in [2.05, 4.69) is 65.8 Å². The maximum absolute atomic E-state index is 10.4. The van der Waals surface area contributed by atoms with Gasteiger partial charge in [0.15, 0.2) is 0 Å². The van der Waals surface area contributed by atoms with E-state index in [9.17, 15) is 9.59 Å². The molecule has 0 bridgehead atoms. The first-order valence-electron chi connectivity index (χ1n) is 9.25. The van der Waals surface area contributed by atoms with Crippen LogP contribution in [0.2, 0.25) is 0 Å². The smallest absolute Gasteiger partial charge is 0.406 e. The largest absolute Gasteiger partial charge is 0.419 e. The summed E-state index contributed by atoms with van der Waals surface area (Å²) >= 11 is 0. The van der Waals surface area contributed by atoms with Gasteiger partial charge in [0.1, 0.15) is 0 Å². The second-order valence-electron chi connectivity index (χ2n) is 7.60. The highest BCUT2D eigenvalue weighted by molar-refractivity contribution is 6.62. The number of rotatable bonds is 3. The average Bonchev–Trinajstić information content (AvgIpc) is 2.52. The fourth-order valence-corrected chi connectivity index (χ4v) is 5.32. The van der Waals surface area contributed by atoms with Crippen LogP contribution in [0.1, 0.15) is 33.4 Å². The summed E-state index contributed by atoms with van der Waals surface area (Å²) in [5.74, 6) is 0. The zero-order valence-corrected chi connectivity index (χ0v) is 17.9. The van der Waals surface area contributed by atoms with Crippen LogP contribution < -0.4 is 5.19 Å². The molecule has 0 saturated heterocycles. The third-order valence-electron chi connectivity index (χ3n) is 5.18. The molecule has 139 valence electrons. The predicted molar refractivity (Wildman–Crippen MR) is 116 cm³/mol. The highest BCUT2D eigenvalue weighted by atomic mass is 28.3. The first-order chi connectivity index (χ1) is 12.7. The highest BCUT2D eigenvalue weighted by Gasteiger charge is 2.24. The lowest BCUT2D eigenvalue weighted by atomic mass is 9.89. The van der Waals surface area contributed by atoms with Crippen molar-refractivity contribution in [1.82, 2.24) is 0 Å². The molecule has 27 heavy (non-hydrogen) atoms. The number of hydrogen-bond acceptors (Lipinski definition) is 2. The molecule has 0 atom stereocenters. The second-order valence-corrected chi connectivity index (χ2v) is 8.75. The Bertz CT molecular complexity index is 897. The Balaban J connectivity index is 2.37. The van der Waals surface area contributed by atoms with Gasteiger partial charge in [0.05, 0.1) is 0 Å². The number of aryl methyl sites for hydroxylation is 6. The van der Waals surface area contributed by atoms with Crippen LogP contribution in [0.15, 0.2) is 42.5 Å². The van der Waals surface area contributed by atoms with E-state index in [1.165, 1.54) is 11.1 Å². The van der Waals surface area contributed by atoms with Gasteiger partial charge in [0.25, 0.3) is 0 Å². The molecule has 0 fully saturated rings. The Hall–Kier alpha value is -2.20. The summed E-state index contributed by atoms with van der Waals surface area (Å²) in [6.45, 7) is 12.6. The Morgan fingerprint density at radius 2 is 0.926 bits per heavy atom. The van der Waals surface area contributed by atoms with Crippen LogP contribution in [0.3, 0.4) is 0 Å². The molecule has 0 aliphatic rings. The van der Waals surface area contributed by atoms with E-state index in [1.807, 2.05) is 18.2 Å². The summed E-state index contributed by atoms with van der Waals surface area (Å²) in [6.07, 6.45) is 0. The number of hydrogen-bond donors (Lipinski definition) is 2. The molecule has 3 rings (SSSR count). The maximum atomic E-state index is 10.4. The molecule has 0 aliphatic heterocycles. The molecule has 2 nitrogen and oxygen atoms in total. The van der Waals surface area contributed by atoms with Crippen molar-refractivity contribution >= 4 is 14.5 Å². The topological polar surface area (TPSA) is 40.5 Å². The monoisotopic (exact) mass is 375 g/mol. The van der Waals surface area contributed by atoms with E-state index < -0.39 is 9.28 Å². The standard InChI is InChI=1S/C24H27O2Si/c1-14-10-16(3)22(17(4)11-14)20-8-7-9-21(24(20)27(25)26)23-18(5)12-15(2)13-19(23)6/h7-13,25-26H,1-6H3. The zero-order chi connectivity index (χ0) is 19.9. The van der Waals surface area contributed by atoms with Gasteiger partial charge in [-0.15, -0.1) is 0 Å². The molecule has 0 heterocycles. The van der Waals surface area contributed by atoms with Crippen LogP contribution in [0.5, 0.6) is 0 Å². The van der Waals surface area contributed by atoms with Crippen molar-refractivity contribution in [1.29, 1.82) is 0 Å². The first-order valence-corrected chi connectivity index (χ1v) is 10.6. The fraction of sp³-hybridized carbons (Fsp3) is 0.250. The molecule has 2 N–H and O–H groups in total. The van der Waals surface area contributed by atoms with Gasteiger partial charge in [-0.25, -0.2) is 0 Å². The van der Waals surface area contributed by atoms with E-state index in [1.54, 1.807) is 0 Å². The van der Waals surface area contributed by atoms with Gasteiger partial charge >= 0.3 is 9.28 Å². The van der Waals surface area contributed by atoms with Gasteiger partial charge in [-0.1, -0.05) is 53.6 Å². The Labute approximate surface area is 164 Å². The average molecular weight is 376 g/mol. The van der Waals surface area contributed by atoms with Crippen molar-refractivity contribution < 1.29 is 9.59 Å². The molecule has 3 heteroatoms. The molecular formula is C24H27O2Si. The van der Waals surface area contributed by atoms with Crippen molar-refractivity contribution in [2.45, 2.75) is 41.5 Å². The van der Waals surface area contributed by atoms with Crippen molar-refractivity contribution in [3.05, 3.63) is 75.8 Å². The van der Waals surface area contributed by atoms with E-state index in [-0.39, 0.29) is 0 Å². The molecule has 0 saturated carbocycles. The van der Waals surface area contributed by atoms with E-state index in [0.717, 1.165) is 44.5 Å². The van der Waals surface area contributed by atoms with Crippen LogP contribution in [0.25, 0.3) is 22.3 Å². The highest BCUT2D eigenvalue weighted by Crippen LogP contribution is 2.33. The van der Waals surface area contributed by atoms with Crippen molar-refractivity contribution in [2.24, 2.45) is 0 Å².